The largest absolute Gasteiger partial charge is 0.451 e. The average molecular weight is 541 g/mol. The molecule has 1 saturated heterocycles. The number of rotatable bonds is 6. The summed E-state index contributed by atoms with van der Waals surface area (Å²) in [5.74, 6) is 0.444. The van der Waals surface area contributed by atoms with E-state index in [1.54, 1.807) is 30.3 Å². The van der Waals surface area contributed by atoms with Gasteiger partial charge < -0.3 is 14.6 Å². The standard InChI is InChI=1S/C28H24Cl3N3O2/c29-23-4-2-1-3-20(23)18-33-13-15-34(16-14-33)22-8-6-21(7-9-22)32-28(35)27-12-11-26(36-27)19-5-10-24(30)25(31)17-19/h1-12,17H,13-16,18H2,(H,32,35). The lowest BCUT2D eigenvalue weighted by Gasteiger charge is -2.36. The molecule has 3 aromatic carbocycles. The number of carbonyl (C=O) groups excluding carboxylic acids is 1. The molecule has 0 unspecified atom stereocenters. The third-order valence-electron chi connectivity index (χ3n) is 6.25. The molecule has 36 heavy (non-hydrogen) atoms. The van der Waals surface area contributed by atoms with Crippen molar-refractivity contribution in [3.05, 3.63) is 105 Å². The Morgan fingerprint density at radius 3 is 2.28 bits per heavy atom. The summed E-state index contributed by atoms with van der Waals surface area (Å²) in [5, 5.41) is 4.61. The van der Waals surface area contributed by atoms with Gasteiger partial charge in [0.2, 0.25) is 0 Å². The Kier molecular flexibility index (Phi) is 7.54. The van der Waals surface area contributed by atoms with Crippen LogP contribution in [0.4, 0.5) is 11.4 Å². The number of furan rings is 1. The fraction of sp³-hybridized carbons (Fsp3) is 0.179. The van der Waals surface area contributed by atoms with E-state index in [0.29, 0.717) is 21.5 Å². The number of nitrogens with one attached hydrogen (secondary N) is 1. The molecule has 1 fully saturated rings. The summed E-state index contributed by atoms with van der Waals surface area (Å²) in [6, 6.07) is 24.5. The van der Waals surface area contributed by atoms with Crippen LogP contribution in [0.2, 0.25) is 15.1 Å². The van der Waals surface area contributed by atoms with Gasteiger partial charge in [-0.05, 0) is 66.2 Å². The highest BCUT2D eigenvalue weighted by Gasteiger charge is 2.19. The van der Waals surface area contributed by atoms with Crippen molar-refractivity contribution in [3.63, 3.8) is 0 Å². The second-order valence-electron chi connectivity index (χ2n) is 8.65. The topological polar surface area (TPSA) is 48.7 Å². The monoisotopic (exact) mass is 539 g/mol. The Morgan fingerprint density at radius 2 is 1.56 bits per heavy atom. The third-order valence-corrected chi connectivity index (χ3v) is 7.36. The highest BCUT2D eigenvalue weighted by atomic mass is 35.5. The van der Waals surface area contributed by atoms with Crippen molar-refractivity contribution in [2.45, 2.75) is 6.54 Å². The number of hydrogen-bond acceptors (Lipinski definition) is 4. The molecular weight excluding hydrogens is 517 g/mol. The number of amides is 1. The Balaban J connectivity index is 1.16. The van der Waals surface area contributed by atoms with E-state index in [1.165, 1.54) is 0 Å². The molecule has 0 bridgehead atoms. The first-order chi connectivity index (χ1) is 17.5. The molecular formula is C28H24Cl3N3O2. The van der Waals surface area contributed by atoms with Crippen LogP contribution < -0.4 is 10.2 Å². The molecule has 0 atom stereocenters. The zero-order valence-electron chi connectivity index (χ0n) is 19.4. The predicted octanol–water partition coefficient (Wildman–Crippen LogP) is 7.48. The van der Waals surface area contributed by atoms with E-state index in [0.717, 1.165) is 54.6 Å². The minimum Gasteiger partial charge on any atom is -0.451 e. The maximum absolute atomic E-state index is 12.7. The quantitative estimate of drug-likeness (QED) is 0.275. The Morgan fingerprint density at radius 1 is 0.806 bits per heavy atom. The van der Waals surface area contributed by atoms with Gasteiger partial charge in [0.15, 0.2) is 5.76 Å². The molecule has 0 saturated carbocycles. The molecule has 0 radical (unpaired) electrons. The van der Waals surface area contributed by atoms with Crippen LogP contribution in [0, 0.1) is 0 Å². The summed E-state index contributed by atoms with van der Waals surface area (Å²) in [6.45, 7) is 4.64. The molecule has 2 heterocycles. The van der Waals surface area contributed by atoms with Gasteiger partial charge in [-0.1, -0.05) is 53.0 Å². The van der Waals surface area contributed by atoms with Crippen molar-refractivity contribution in [2.75, 3.05) is 36.4 Å². The second kappa shape index (κ2) is 11.0. The smallest absolute Gasteiger partial charge is 0.291 e. The maximum Gasteiger partial charge on any atom is 0.291 e. The van der Waals surface area contributed by atoms with Crippen LogP contribution in [0.25, 0.3) is 11.3 Å². The lowest BCUT2D eigenvalue weighted by atomic mass is 10.2. The van der Waals surface area contributed by atoms with Gasteiger partial charge in [0.1, 0.15) is 5.76 Å². The lowest BCUT2D eigenvalue weighted by molar-refractivity contribution is 0.0997. The number of nitrogens with zero attached hydrogens (tertiary/aromatic N) is 2. The first-order valence-corrected chi connectivity index (χ1v) is 12.8. The number of halogens is 3. The minimum atomic E-state index is -0.317. The summed E-state index contributed by atoms with van der Waals surface area (Å²) in [4.78, 5) is 17.5. The summed E-state index contributed by atoms with van der Waals surface area (Å²) >= 11 is 18.4. The number of carbonyl (C=O) groups is 1. The summed E-state index contributed by atoms with van der Waals surface area (Å²) < 4.78 is 5.74. The Bertz CT molecular complexity index is 1360. The predicted molar refractivity (Wildman–Crippen MR) is 148 cm³/mol. The zero-order valence-corrected chi connectivity index (χ0v) is 21.7. The number of piperazine rings is 1. The molecule has 4 aromatic rings. The molecule has 8 heteroatoms. The number of benzene rings is 3. The van der Waals surface area contributed by atoms with Crippen molar-refractivity contribution < 1.29 is 9.21 Å². The van der Waals surface area contributed by atoms with Crippen LogP contribution in [-0.2, 0) is 6.54 Å². The molecule has 1 aromatic heterocycles. The molecule has 184 valence electrons. The molecule has 0 aliphatic carbocycles. The lowest BCUT2D eigenvalue weighted by Crippen LogP contribution is -2.46. The van der Waals surface area contributed by atoms with Gasteiger partial charge in [-0.25, -0.2) is 0 Å². The van der Waals surface area contributed by atoms with Crippen molar-refractivity contribution in [2.24, 2.45) is 0 Å². The number of hydrogen-bond donors (Lipinski definition) is 1. The first kappa shape index (κ1) is 24.7. The van der Waals surface area contributed by atoms with Gasteiger partial charge in [-0.15, -0.1) is 0 Å². The van der Waals surface area contributed by atoms with Gasteiger partial charge in [0.25, 0.3) is 5.91 Å². The normalized spacial score (nSPS) is 14.1. The van der Waals surface area contributed by atoms with Gasteiger partial charge in [0.05, 0.1) is 10.0 Å². The summed E-state index contributed by atoms with van der Waals surface area (Å²) in [7, 11) is 0. The first-order valence-electron chi connectivity index (χ1n) is 11.6. The Labute approximate surface area is 225 Å². The van der Waals surface area contributed by atoms with Crippen LogP contribution in [0.5, 0.6) is 0 Å². The van der Waals surface area contributed by atoms with Gasteiger partial charge in [-0.3, -0.25) is 9.69 Å². The van der Waals surface area contributed by atoms with Crippen molar-refractivity contribution >= 4 is 52.1 Å². The van der Waals surface area contributed by atoms with E-state index in [2.05, 4.69) is 21.2 Å². The molecule has 0 spiro atoms. The van der Waals surface area contributed by atoms with E-state index >= 15 is 0 Å². The van der Waals surface area contributed by atoms with Crippen LogP contribution in [0.1, 0.15) is 16.1 Å². The van der Waals surface area contributed by atoms with Crippen LogP contribution in [0.15, 0.2) is 83.3 Å². The number of anilines is 2. The van der Waals surface area contributed by atoms with Crippen molar-refractivity contribution in [1.29, 1.82) is 0 Å². The van der Waals surface area contributed by atoms with E-state index < -0.39 is 0 Å². The average Bonchev–Trinajstić information content (AvgIpc) is 3.39. The van der Waals surface area contributed by atoms with E-state index in [1.807, 2.05) is 42.5 Å². The van der Waals surface area contributed by atoms with Crippen molar-refractivity contribution in [3.8, 4) is 11.3 Å². The molecule has 5 rings (SSSR count). The molecule has 1 amide bonds. The zero-order chi connectivity index (χ0) is 25.1. The van der Waals surface area contributed by atoms with Crippen molar-refractivity contribution in [1.82, 2.24) is 4.90 Å². The SMILES string of the molecule is O=C(Nc1ccc(N2CCN(Cc3ccccc3Cl)CC2)cc1)c1ccc(-c2ccc(Cl)c(Cl)c2)o1. The third kappa shape index (κ3) is 5.71. The molecule has 1 N–H and O–H groups in total. The van der Waals surface area contributed by atoms with E-state index in [9.17, 15) is 4.79 Å². The molecule has 1 aliphatic heterocycles. The van der Waals surface area contributed by atoms with Crippen LogP contribution in [0.3, 0.4) is 0 Å². The summed E-state index contributed by atoms with van der Waals surface area (Å²) in [6.07, 6.45) is 0. The summed E-state index contributed by atoms with van der Waals surface area (Å²) in [5.41, 5.74) is 3.74. The Hall–Kier alpha value is -2.96. The van der Waals surface area contributed by atoms with Gasteiger partial charge in [-0.2, -0.15) is 0 Å². The van der Waals surface area contributed by atoms with Gasteiger partial charge in [0, 0.05) is 54.7 Å². The highest BCUT2D eigenvalue weighted by molar-refractivity contribution is 6.42. The van der Waals surface area contributed by atoms with E-state index in [-0.39, 0.29) is 11.7 Å². The highest BCUT2D eigenvalue weighted by Crippen LogP contribution is 2.30. The fourth-order valence-electron chi connectivity index (χ4n) is 4.24. The second-order valence-corrected chi connectivity index (χ2v) is 9.87. The fourth-order valence-corrected chi connectivity index (χ4v) is 4.74. The van der Waals surface area contributed by atoms with E-state index in [4.69, 9.17) is 39.2 Å². The minimum absolute atomic E-state index is 0.217. The molecule has 5 nitrogen and oxygen atoms in total. The van der Waals surface area contributed by atoms with Gasteiger partial charge >= 0.3 is 0 Å². The maximum atomic E-state index is 12.7. The van der Waals surface area contributed by atoms with Crippen LogP contribution >= 0.6 is 34.8 Å². The molecule has 1 aliphatic rings. The van der Waals surface area contributed by atoms with Crippen LogP contribution in [-0.4, -0.2) is 37.0 Å².